The number of rotatable bonds is 6. The Bertz CT molecular complexity index is 486. The molecule has 1 aliphatic rings. The quantitative estimate of drug-likeness (QED) is 0.745. The molecule has 1 aromatic rings. The molecule has 0 saturated carbocycles. The fraction of sp³-hybridized carbons (Fsp3) is 0.500. The van der Waals surface area contributed by atoms with Gasteiger partial charge in [0.05, 0.1) is 6.42 Å². The van der Waals surface area contributed by atoms with Gasteiger partial charge in [0.25, 0.3) is 0 Å². The molecule has 1 aliphatic heterocycles. The number of carbonyl (C=O) groups is 2. The largest absolute Gasteiger partial charge is 0.481 e. The summed E-state index contributed by atoms with van der Waals surface area (Å²) in [6.07, 6.45) is 1.23. The first kappa shape index (κ1) is 16.3. The Morgan fingerprint density at radius 1 is 1.36 bits per heavy atom. The molecule has 1 fully saturated rings. The summed E-state index contributed by atoms with van der Waals surface area (Å²) < 4.78 is 5.17. The second-order valence-electron chi connectivity index (χ2n) is 5.52. The number of carbonyl (C=O) groups excluding carboxylic acids is 1. The molecule has 22 heavy (non-hydrogen) atoms. The number of nitrogens with one attached hydrogen (secondary N) is 2. The highest BCUT2D eigenvalue weighted by atomic mass is 16.5. The molecule has 0 spiro atoms. The van der Waals surface area contributed by atoms with Gasteiger partial charge in [-0.05, 0) is 37.4 Å². The number of piperidine rings is 1. The average Bonchev–Trinajstić information content (AvgIpc) is 2.54. The summed E-state index contributed by atoms with van der Waals surface area (Å²) in [7, 11) is 0. The topological polar surface area (TPSA) is 87.7 Å². The summed E-state index contributed by atoms with van der Waals surface area (Å²) >= 11 is 0. The molecule has 0 radical (unpaired) electrons. The van der Waals surface area contributed by atoms with Crippen LogP contribution in [-0.4, -0.2) is 36.3 Å². The Hall–Kier alpha value is -2.08. The maximum atomic E-state index is 11.9. The van der Waals surface area contributed by atoms with Crippen LogP contribution in [0, 0.1) is 5.92 Å². The number of alkyl carbamates (subject to hydrolysis) is 1. The van der Waals surface area contributed by atoms with Gasteiger partial charge in [-0.3, -0.25) is 4.79 Å². The maximum absolute atomic E-state index is 11.9. The molecule has 2 rings (SSSR count). The van der Waals surface area contributed by atoms with Crippen LogP contribution in [0.5, 0.6) is 0 Å². The van der Waals surface area contributed by atoms with E-state index >= 15 is 0 Å². The van der Waals surface area contributed by atoms with Crippen molar-refractivity contribution < 1.29 is 19.4 Å². The zero-order valence-corrected chi connectivity index (χ0v) is 12.5. The Balaban J connectivity index is 1.85. The first-order valence-electron chi connectivity index (χ1n) is 7.55. The van der Waals surface area contributed by atoms with Crippen molar-refractivity contribution in [1.82, 2.24) is 10.6 Å². The monoisotopic (exact) mass is 306 g/mol. The van der Waals surface area contributed by atoms with Crippen molar-refractivity contribution in [2.75, 3.05) is 13.1 Å². The van der Waals surface area contributed by atoms with Gasteiger partial charge in [-0.15, -0.1) is 0 Å². The molecule has 3 N–H and O–H groups in total. The van der Waals surface area contributed by atoms with Crippen molar-refractivity contribution in [3.8, 4) is 0 Å². The minimum atomic E-state index is -0.918. The highest BCUT2D eigenvalue weighted by molar-refractivity contribution is 5.71. The molecule has 0 aliphatic carbocycles. The van der Waals surface area contributed by atoms with Crippen molar-refractivity contribution in [3.05, 3.63) is 35.9 Å². The van der Waals surface area contributed by atoms with Gasteiger partial charge in [0.15, 0.2) is 0 Å². The lowest BCUT2D eigenvalue weighted by molar-refractivity contribution is -0.137. The summed E-state index contributed by atoms with van der Waals surface area (Å²) in [5.41, 5.74) is 0.895. The van der Waals surface area contributed by atoms with E-state index in [0.717, 1.165) is 31.5 Å². The normalized spacial score (nSPS) is 19.2. The van der Waals surface area contributed by atoms with Gasteiger partial charge in [-0.2, -0.15) is 0 Å². The van der Waals surface area contributed by atoms with Crippen molar-refractivity contribution >= 4 is 12.1 Å². The minimum Gasteiger partial charge on any atom is -0.481 e. The van der Waals surface area contributed by atoms with E-state index in [2.05, 4.69) is 10.6 Å². The summed E-state index contributed by atoms with van der Waals surface area (Å²) in [5, 5.41) is 15.0. The van der Waals surface area contributed by atoms with Crippen molar-refractivity contribution in [2.45, 2.75) is 31.9 Å². The molecule has 6 heteroatoms. The highest BCUT2D eigenvalue weighted by Crippen LogP contribution is 2.17. The number of ether oxygens (including phenoxy) is 1. The molecular formula is C16H22N2O4. The standard InChI is InChI=1S/C16H22N2O4/c19-15(20)9-14(13-7-4-8-17-10-13)18-16(21)22-11-12-5-2-1-3-6-12/h1-3,5-6,13-14,17H,4,7-11H2,(H,18,21)(H,19,20). The van der Waals surface area contributed by atoms with Crippen LogP contribution in [0.4, 0.5) is 4.79 Å². The van der Waals surface area contributed by atoms with Gasteiger partial charge in [0.2, 0.25) is 0 Å². The summed E-state index contributed by atoms with van der Waals surface area (Å²) in [6.45, 7) is 1.83. The smallest absolute Gasteiger partial charge is 0.407 e. The van der Waals surface area contributed by atoms with Crippen LogP contribution in [0.2, 0.25) is 0 Å². The Morgan fingerprint density at radius 3 is 2.77 bits per heavy atom. The average molecular weight is 306 g/mol. The third-order valence-electron chi connectivity index (χ3n) is 3.81. The lowest BCUT2D eigenvalue weighted by Gasteiger charge is -2.30. The lowest BCUT2D eigenvalue weighted by Crippen LogP contribution is -2.47. The molecule has 120 valence electrons. The van der Waals surface area contributed by atoms with Gasteiger partial charge in [-0.1, -0.05) is 30.3 Å². The second kappa shape index (κ2) is 8.38. The molecule has 1 aromatic carbocycles. The van der Waals surface area contributed by atoms with Crippen LogP contribution >= 0.6 is 0 Å². The van der Waals surface area contributed by atoms with E-state index in [-0.39, 0.29) is 18.9 Å². The van der Waals surface area contributed by atoms with Crippen molar-refractivity contribution in [2.24, 2.45) is 5.92 Å². The predicted octanol–water partition coefficient (Wildman–Crippen LogP) is 1.76. The molecule has 1 saturated heterocycles. The van der Waals surface area contributed by atoms with Gasteiger partial charge in [-0.25, -0.2) is 4.79 Å². The van der Waals surface area contributed by atoms with E-state index in [1.165, 1.54) is 0 Å². The fourth-order valence-corrected chi connectivity index (χ4v) is 2.66. The second-order valence-corrected chi connectivity index (χ2v) is 5.52. The van der Waals surface area contributed by atoms with E-state index in [1.807, 2.05) is 30.3 Å². The van der Waals surface area contributed by atoms with Crippen molar-refractivity contribution in [1.29, 1.82) is 0 Å². The summed E-state index contributed by atoms with van der Waals surface area (Å²) in [6, 6.07) is 8.96. The van der Waals surface area contributed by atoms with E-state index in [4.69, 9.17) is 9.84 Å². The van der Waals surface area contributed by atoms with E-state index in [1.54, 1.807) is 0 Å². The molecule has 1 heterocycles. The number of aliphatic carboxylic acids is 1. The molecule has 0 bridgehead atoms. The first-order valence-corrected chi connectivity index (χ1v) is 7.55. The van der Waals surface area contributed by atoms with Gasteiger partial charge in [0.1, 0.15) is 6.61 Å². The first-order chi connectivity index (χ1) is 10.6. The Labute approximate surface area is 129 Å². The van der Waals surface area contributed by atoms with Crippen molar-refractivity contribution in [3.63, 3.8) is 0 Å². The van der Waals surface area contributed by atoms with Gasteiger partial charge >= 0.3 is 12.1 Å². The molecule has 2 atom stereocenters. The van der Waals surface area contributed by atoms with E-state index in [9.17, 15) is 9.59 Å². The molecule has 0 aromatic heterocycles. The number of hydrogen-bond donors (Lipinski definition) is 3. The highest BCUT2D eigenvalue weighted by Gasteiger charge is 2.27. The van der Waals surface area contributed by atoms with Crippen LogP contribution in [0.25, 0.3) is 0 Å². The van der Waals surface area contributed by atoms with Crippen LogP contribution in [0.1, 0.15) is 24.8 Å². The summed E-state index contributed by atoms with van der Waals surface area (Å²) in [5.74, 6) is -0.798. The molecule has 6 nitrogen and oxygen atoms in total. The van der Waals surface area contributed by atoms with E-state index < -0.39 is 18.1 Å². The zero-order valence-electron chi connectivity index (χ0n) is 12.5. The molecular weight excluding hydrogens is 284 g/mol. The maximum Gasteiger partial charge on any atom is 0.407 e. The summed E-state index contributed by atoms with van der Waals surface area (Å²) in [4.78, 5) is 22.9. The Morgan fingerprint density at radius 2 is 2.14 bits per heavy atom. The lowest BCUT2D eigenvalue weighted by atomic mass is 9.90. The van der Waals surface area contributed by atoms with Crippen LogP contribution in [0.3, 0.4) is 0 Å². The third kappa shape index (κ3) is 5.37. The number of amides is 1. The predicted molar refractivity (Wildman–Crippen MR) is 81.4 cm³/mol. The van der Waals surface area contributed by atoms with Gasteiger partial charge < -0.3 is 20.5 Å². The minimum absolute atomic E-state index is 0.0905. The van der Waals surface area contributed by atoms with E-state index in [0.29, 0.717) is 0 Å². The third-order valence-corrected chi connectivity index (χ3v) is 3.81. The fourth-order valence-electron chi connectivity index (χ4n) is 2.66. The SMILES string of the molecule is O=C(O)CC(NC(=O)OCc1ccccc1)C1CCCNC1. The molecule has 2 unspecified atom stereocenters. The van der Waals surface area contributed by atoms with Crippen LogP contribution in [0.15, 0.2) is 30.3 Å². The van der Waals surface area contributed by atoms with Crippen LogP contribution < -0.4 is 10.6 Å². The zero-order chi connectivity index (χ0) is 15.8. The number of carboxylic acid groups (broad SMARTS) is 1. The van der Waals surface area contributed by atoms with Gasteiger partial charge in [0, 0.05) is 6.04 Å². The van der Waals surface area contributed by atoms with Crippen LogP contribution in [-0.2, 0) is 16.1 Å². The number of hydrogen-bond acceptors (Lipinski definition) is 4. The number of carboxylic acids is 1. The molecule has 1 amide bonds. The number of benzene rings is 1. The Kier molecular flexibility index (Phi) is 6.21.